The van der Waals surface area contributed by atoms with Gasteiger partial charge >= 0.3 is 5.97 Å². The number of β-lactam (4-membered cyclic amide) rings is 1. The number of amides is 2. The smallest absolute Gasteiger partial charge is 0.352 e. The van der Waals surface area contributed by atoms with Crippen LogP contribution in [0.2, 0.25) is 0 Å². The zero-order chi connectivity index (χ0) is 22.1. The van der Waals surface area contributed by atoms with Crippen molar-refractivity contribution in [2.45, 2.75) is 5.37 Å². The third kappa shape index (κ3) is 3.87. The SMILES string of the molecule is Nc1nc(C(=NO)NC(=O)C2C(=O)N3C(C(=O)O)=C(/C=C/c4csnn4)CS[C@H]23)ns1. The molecule has 2 amide bonds. The first-order valence-electron chi connectivity index (χ1n) is 8.39. The number of thioether (sulfide) groups is 1. The number of nitrogens with two attached hydrogens (primary N) is 1. The Bertz CT molecular complexity index is 1140. The predicted octanol–water partition coefficient (Wildman–Crippen LogP) is -0.193. The summed E-state index contributed by atoms with van der Waals surface area (Å²) in [5.41, 5.74) is 6.26. The minimum atomic E-state index is -1.28. The number of nitrogen functional groups attached to an aromatic ring is 1. The molecule has 1 unspecified atom stereocenters. The number of hydrogen-bond donors (Lipinski definition) is 4. The van der Waals surface area contributed by atoms with Gasteiger partial charge in [0.1, 0.15) is 17.0 Å². The number of aliphatic carboxylic acids is 1. The summed E-state index contributed by atoms with van der Waals surface area (Å²) in [6.07, 6.45) is 3.17. The topological polar surface area (TPSA) is 197 Å². The maximum Gasteiger partial charge on any atom is 0.352 e. The largest absolute Gasteiger partial charge is 0.477 e. The molecule has 4 rings (SSSR count). The number of allylic oxidation sites excluding steroid dienone is 1. The Labute approximate surface area is 185 Å². The predicted molar refractivity (Wildman–Crippen MR) is 111 cm³/mol. The number of nitrogens with one attached hydrogen (secondary N) is 1. The van der Waals surface area contributed by atoms with E-state index >= 15 is 0 Å². The molecule has 0 bridgehead atoms. The number of hydrogen-bond acceptors (Lipinski definition) is 13. The zero-order valence-corrected chi connectivity index (χ0v) is 17.6. The Morgan fingerprint density at radius 2 is 2.19 bits per heavy atom. The molecule has 31 heavy (non-hydrogen) atoms. The van der Waals surface area contributed by atoms with E-state index in [1.807, 2.05) is 0 Å². The van der Waals surface area contributed by atoms with Crippen LogP contribution in [0.1, 0.15) is 11.5 Å². The number of carbonyl (C=O) groups excluding carboxylic acids is 2. The van der Waals surface area contributed by atoms with E-state index in [1.54, 1.807) is 17.5 Å². The molecular formula is C15H12N8O5S3. The molecule has 2 aliphatic heterocycles. The molecule has 0 radical (unpaired) electrons. The molecule has 16 heteroatoms. The third-order valence-corrected chi connectivity index (χ3v) is 6.68. The summed E-state index contributed by atoms with van der Waals surface area (Å²) >= 11 is 3.23. The number of nitrogens with zero attached hydrogens (tertiary/aromatic N) is 6. The number of amidine groups is 1. The van der Waals surface area contributed by atoms with Gasteiger partial charge in [-0.05, 0) is 23.2 Å². The lowest BCUT2D eigenvalue weighted by Crippen LogP contribution is -2.66. The average molecular weight is 481 g/mol. The van der Waals surface area contributed by atoms with Crippen molar-refractivity contribution in [3.05, 3.63) is 34.2 Å². The number of aromatic nitrogens is 4. The van der Waals surface area contributed by atoms with Gasteiger partial charge in [-0.15, -0.1) is 16.9 Å². The first kappa shape index (κ1) is 20.9. The van der Waals surface area contributed by atoms with Crippen LogP contribution < -0.4 is 11.1 Å². The zero-order valence-electron chi connectivity index (χ0n) is 15.2. The van der Waals surface area contributed by atoms with E-state index in [1.165, 1.54) is 11.8 Å². The first-order chi connectivity index (χ1) is 14.9. The third-order valence-electron chi connectivity index (χ3n) is 4.31. The highest BCUT2D eigenvalue weighted by atomic mass is 32.2. The Hall–Kier alpha value is -3.37. The Morgan fingerprint density at radius 1 is 1.39 bits per heavy atom. The van der Waals surface area contributed by atoms with Crippen molar-refractivity contribution in [3.8, 4) is 0 Å². The van der Waals surface area contributed by atoms with Crippen molar-refractivity contribution in [2.24, 2.45) is 11.1 Å². The molecule has 0 aromatic carbocycles. The Balaban J connectivity index is 1.53. The number of rotatable bonds is 5. The number of carboxylic acid groups (broad SMARTS) is 1. The molecule has 1 saturated heterocycles. The highest BCUT2D eigenvalue weighted by Gasteiger charge is 2.56. The van der Waals surface area contributed by atoms with Gasteiger partial charge in [-0.25, -0.2) is 4.79 Å². The summed E-state index contributed by atoms with van der Waals surface area (Å²) in [6, 6.07) is 0. The van der Waals surface area contributed by atoms with Crippen LogP contribution in [-0.2, 0) is 14.4 Å². The van der Waals surface area contributed by atoms with Crippen LogP contribution in [0.25, 0.3) is 6.08 Å². The van der Waals surface area contributed by atoms with E-state index in [2.05, 4.69) is 29.4 Å². The standard InChI is InChI=1S/C15H12N8O5S3/c16-15-18-10(21-31-15)9(20-28)17-11(24)7-12(25)23-8(14(26)27)5(3-29-13(7)23)1-2-6-4-30-22-19-6/h1-2,4,7,13,28H,3H2,(H,26,27)(H2,16,18,21)(H,17,20,24)/b2-1+/t7?,13-/m1/s1. The van der Waals surface area contributed by atoms with Crippen molar-refractivity contribution < 1.29 is 24.7 Å². The lowest BCUT2D eigenvalue weighted by atomic mass is 9.94. The summed E-state index contributed by atoms with van der Waals surface area (Å²) in [6.45, 7) is 0. The Kier molecular flexibility index (Phi) is 5.66. The van der Waals surface area contributed by atoms with Crippen LogP contribution in [0, 0.1) is 5.92 Å². The molecule has 160 valence electrons. The van der Waals surface area contributed by atoms with Gasteiger partial charge in [-0.3, -0.25) is 14.5 Å². The van der Waals surface area contributed by atoms with Gasteiger partial charge < -0.3 is 21.4 Å². The lowest BCUT2D eigenvalue weighted by Gasteiger charge is -2.48. The van der Waals surface area contributed by atoms with Gasteiger partial charge in [0, 0.05) is 22.7 Å². The normalized spacial score (nSPS) is 21.2. The highest BCUT2D eigenvalue weighted by Crippen LogP contribution is 2.44. The van der Waals surface area contributed by atoms with Crippen molar-refractivity contribution in [2.75, 3.05) is 11.5 Å². The molecule has 13 nitrogen and oxygen atoms in total. The summed E-state index contributed by atoms with van der Waals surface area (Å²) < 4.78 is 7.55. The number of anilines is 1. The summed E-state index contributed by atoms with van der Waals surface area (Å²) in [5, 5.41) is 29.0. The fourth-order valence-corrected chi connectivity index (χ4v) is 5.19. The summed E-state index contributed by atoms with van der Waals surface area (Å²) in [5.74, 6) is -4.10. The monoisotopic (exact) mass is 480 g/mol. The van der Waals surface area contributed by atoms with Crippen LogP contribution in [0.15, 0.2) is 27.9 Å². The van der Waals surface area contributed by atoms with Crippen LogP contribution >= 0.6 is 34.8 Å². The maximum absolute atomic E-state index is 12.7. The van der Waals surface area contributed by atoms with E-state index in [9.17, 15) is 19.5 Å². The van der Waals surface area contributed by atoms with Crippen LogP contribution in [0.3, 0.4) is 0 Å². The van der Waals surface area contributed by atoms with Crippen molar-refractivity contribution in [3.63, 3.8) is 0 Å². The number of fused-ring (bicyclic) bond motifs is 1. The van der Waals surface area contributed by atoms with Gasteiger partial charge in [0.15, 0.2) is 5.13 Å². The molecule has 2 aliphatic rings. The number of carbonyl (C=O) groups is 3. The molecule has 2 aromatic heterocycles. The first-order valence-corrected chi connectivity index (χ1v) is 11.0. The van der Waals surface area contributed by atoms with E-state index < -0.39 is 29.1 Å². The second-order valence-electron chi connectivity index (χ2n) is 6.12. The number of carboxylic acids is 1. The molecule has 0 aliphatic carbocycles. The molecule has 4 heterocycles. The number of oxime groups is 1. The second-order valence-corrected chi connectivity index (χ2v) is 8.62. The fourth-order valence-electron chi connectivity index (χ4n) is 2.96. The van der Waals surface area contributed by atoms with Gasteiger partial charge in [0.2, 0.25) is 23.5 Å². The van der Waals surface area contributed by atoms with Crippen LogP contribution in [-0.4, -0.2) is 68.9 Å². The summed E-state index contributed by atoms with van der Waals surface area (Å²) in [7, 11) is 0. The molecule has 2 aromatic rings. The fraction of sp³-hybridized carbons (Fsp3) is 0.200. The summed E-state index contributed by atoms with van der Waals surface area (Å²) in [4.78, 5) is 42.1. The minimum absolute atomic E-state index is 0.101. The second kappa shape index (κ2) is 8.40. The van der Waals surface area contributed by atoms with Crippen molar-refractivity contribution in [1.29, 1.82) is 0 Å². The Morgan fingerprint density at radius 3 is 2.81 bits per heavy atom. The molecule has 0 spiro atoms. The van der Waals surface area contributed by atoms with Gasteiger partial charge in [-0.2, -0.15) is 9.36 Å². The van der Waals surface area contributed by atoms with E-state index in [0.717, 1.165) is 28.0 Å². The van der Waals surface area contributed by atoms with Crippen molar-refractivity contribution in [1.82, 2.24) is 29.2 Å². The molecular weight excluding hydrogens is 468 g/mol. The van der Waals surface area contributed by atoms with Gasteiger partial charge in [-0.1, -0.05) is 15.7 Å². The van der Waals surface area contributed by atoms with Gasteiger partial charge in [0.05, 0.1) is 5.69 Å². The molecule has 2 atom stereocenters. The van der Waals surface area contributed by atoms with E-state index in [-0.39, 0.29) is 28.2 Å². The molecule has 1 fully saturated rings. The highest BCUT2D eigenvalue weighted by molar-refractivity contribution is 8.00. The lowest BCUT2D eigenvalue weighted by molar-refractivity contribution is -0.157. The van der Waals surface area contributed by atoms with Gasteiger partial charge in [0.25, 0.3) is 0 Å². The molecule has 0 saturated carbocycles. The van der Waals surface area contributed by atoms with Crippen LogP contribution in [0.4, 0.5) is 5.13 Å². The molecule has 5 N–H and O–H groups in total. The van der Waals surface area contributed by atoms with Crippen LogP contribution in [0.5, 0.6) is 0 Å². The van der Waals surface area contributed by atoms with Crippen molar-refractivity contribution >= 4 is 69.7 Å². The average Bonchev–Trinajstić information content (AvgIpc) is 3.41. The maximum atomic E-state index is 12.7. The minimum Gasteiger partial charge on any atom is -0.477 e. The van der Waals surface area contributed by atoms with E-state index in [4.69, 9.17) is 10.9 Å². The van der Waals surface area contributed by atoms with E-state index in [0.29, 0.717) is 11.3 Å². The quantitative estimate of drug-likeness (QED) is 0.110.